The van der Waals surface area contributed by atoms with Gasteiger partial charge < -0.3 is 5.32 Å². The SMILES string of the molecule is CCCCC(=O)Nc1ccc2c(c1)C(=O)N(C(C)CC)C2=O. The zero-order valence-corrected chi connectivity index (χ0v) is 13.3. The molecular formula is C17H22N2O3. The average Bonchev–Trinajstić information content (AvgIpc) is 2.76. The third kappa shape index (κ3) is 3.03. The number of hydrogen-bond donors (Lipinski definition) is 1. The molecule has 0 aliphatic carbocycles. The third-order valence-corrected chi connectivity index (χ3v) is 3.99. The van der Waals surface area contributed by atoms with E-state index in [0.717, 1.165) is 12.8 Å². The van der Waals surface area contributed by atoms with Crippen LogP contribution in [0.1, 0.15) is 67.2 Å². The smallest absolute Gasteiger partial charge is 0.261 e. The molecule has 1 aliphatic heterocycles. The zero-order valence-electron chi connectivity index (χ0n) is 13.3. The van der Waals surface area contributed by atoms with Crippen LogP contribution in [-0.4, -0.2) is 28.7 Å². The molecule has 5 nitrogen and oxygen atoms in total. The Balaban J connectivity index is 2.20. The maximum Gasteiger partial charge on any atom is 0.261 e. The molecule has 22 heavy (non-hydrogen) atoms. The van der Waals surface area contributed by atoms with Gasteiger partial charge in [-0.15, -0.1) is 0 Å². The van der Waals surface area contributed by atoms with E-state index in [1.54, 1.807) is 18.2 Å². The van der Waals surface area contributed by atoms with E-state index in [1.807, 2.05) is 20.8 Å². The second-order valence-corrected chi connectivity index (χ2v) is 5.65. The summed E-state index contributed by atoms with van der Waals surface area (Å²) < 4.78 is 0. The standard InChI is InChI=1S/C17H22N2O3/c1-4-6-7-15(20)18-12-8-9-13-14(10-12)17(22)19(16(13)21)11(3)5-2/h8-11H,4-7H2,1-3H3,(H,18,20). The molecule has 0 radical (unpaired) electrons. The van der Waals surface area contributed by atoms with Gasteiger partial charge in [0.2, 0.25) is 5.91 Å². The Morgan fingerprint density at radius 2 is 1.86 bits per heavy atom. The minimum absolute atomic E-state index is 0.0719. The van der Waals surface area contributed by atoms with Gasteiger partial charge in [0.15, 0.2) is 0 Å². The molecular weight excluding hydrogens is 280 g/mol. The Labute approximate surface area is 130 Å². The summed E-state index contributed by atoms with van der Waals surface area (Å²) in [4.78, 5) is 37.8. The minimum atomic E-state index is -0.279. The highest BCUT2D eigenvalue weighted by Gasteiger charge is 2.37. The number of rotatable bonds is 6. The summed E-state index contributed by atoms with van der Waals surface area (Å²) in [6.45, 7) is 5.82. The van der Waals surface area contributed by atoms with Crippen molar-refractivity contribution in [3.05, 3.63) is 29.3 Å². The maximum atomic E-state index is 12.4. The van der Waals surface area contributed by atoms with E-state index in [0.29, 0.717) is 29.7 Å². The van der Waals surface area contributed by atoms with Crippen LogP contribution in [0.3, 0.4) is 0 Å². The molecule has 1 unspecified atom stereocenters. The third-order valence-electron chi connectivity index (χ3n) is 3.99. The minimum Gasteiger partial charge on any atom is -0.326 e. The molecule has 0 fully saturated rings. The number of benzene rings is 1. The van der Waals surface area contributed by atoms with E-state index >= 15 is 0 Å². The van der Waals surface area contributed by atoms with Crippen molar-refractivity contribution in [2.24, 2.45) is 0 Å². The van der Waals surface area contributed by atoms with Crippen LogP contribution in [0, 0.1) is 0 Å². The molecule has 0 aromatic heterocycles. The molecule has 118 valence electrons. The maximum absolute atomic E-state index is 12.4. The summed E-state index contributed by atoms with van der Waals surface area (Å²) in [7, 11) is 0. The molecule has 1 aromatic rings. The van der Waals surface area contributed by atoms with Crippen molar-refractivity contribution >= 4 is 23.4 Å². The molecule has 2 rings (SSSR count). The van der Waals surface area contributed by atoms with Crippen molar-refractivity contribution in [1.82, 2.24) is 4.90 Å². The van der Waals surface area contributed by atoms with Gasteiger partial charge in [-0.3, -0.25) is 19.3 Å². The summed E-state index contributed by atoms with van der Waals surface area (Å²) >= 11 is 0. The average molecular weight is 302 g/mol. The topological polar surface area (TPSA) is 66.5 Å². The lowest BCUT2D eigenvalue weighted by Gasteiger charge is -2.20. The molecule has 1 aromatic carbocycles. The van der Waals surface area contributed by atoms with Crippen LogP contribution in [0.15, 0.2) is 18.2 Å². The summed E-state index contributed by atoms with van der Waals surface area (Å²) in [6.07, 6.45) is 2.95. The van der Waals surface area contributed by atoms with Crippen molar-refractivity contribution in [3.8, 4) is 0 Å². The normalized spacial score (nSPS) is 15.0. The largest absolute Gasteiger partial charge is 0.326 e. The number of hydrogen-bond acceptors (Lipinski definition) is 3. The van der Waals surface area contributed by atoms with Crippen molar-refractivity contribution in [1.29, 1.82) is 0 Å². The number of carbonyl (C=O) groups is 3. The number of carbonyl (C=O) groups excluding carboxylic acids is 3. The Kier molecular flexibility index (Phi) is 4.96. The zero-order chi connectivity index (χ0) is 16.3. The van der Waals surface area contributed by atoms with Crippen LogP contribution in [0.4, 0.5) is 5.69 Å². The van der Waals surface area contributed by atoms with Crippen molar-refractivity contribution in [2.45, 2.75) is 52.5 Å². The van der Waals surface area contributed by atoms with Crippen molar-refractivity contribution < 1.29 is 14.4 Å². The van der Waals surface area contributed by atoms with Crippen LogP contribution in [0.5, 0.6) is 0 Å². The number of imide groups is 1. The number of nitrogens with one attached hydrogen (secondary N) is 1. The van der Waals surface area contributed by atoms with Gasteiger partial charge in [-0.1, -0.05) is 20.3 Å². The number of unbranched alkanes of at least 4 members (excludes halogenated alkanes) is 1. The number of fused-ring (bicyclic) bond motifs is 1. The van der Waals surface area contributed by atoms with E-state index in [1.165, 1.54) is 4.90 Å². The van der Waals surface area contributed by atoms with Crippen LogP contribution in [0.25, 0.3) is 0 Å². The van der Waals surface area contributed by atoms with Gasteiger partial charge in [-0.25, -0.2) is 0 Å². The van der Waals surface area contributed by atoms with Gasteiger partial charge in [0, 0.05) is 18.2 Å². The fourth-order valence-electron chi connectivity index (χ4n) is 2.48. The van der Waals surface area contributed by atoms with Crippen LogP contribution in [0.2, 0.25) is 0 Å². The highest BCUT2D eigenvalue weighted by atomic mass is 16.2. The van der Waals surface area contributed by atoms with E-state index in [9.17, 15) is 14.4 Å². The first-order chi connectivity index (χ1) is 10.5. The second kappa shape index (κ2) is 6.73. The van der Waals surface area contributed by atoms with Gasteiger partial charge in [-0.2, -0.15) is 0 Å². The predicted octanol–water partition coefficient (Wildman–Crippen LogP) is 3.21. The number of anilines is 1. The molecule has 1 atom stereocenters. The lowest BCUT2D eigenvalue weighted by Crippen LogP contribution is -2.37. The van der Waals surface area contributed by atoms with E-state index in [2.05, 4.69) is 5.32 Å². The Morgan fingerprint density at radius 1 is 1.18 bits per heavy atom. The molecule has 1 aliphatic rings. The van der Waals surface area contributed by atoms with E-state index < -0.39 is 0 Å². The van der Waals surface area contributed by atoms with E-state index in [4.69, 9.17) is 0 Å². The Bertz CT molecular complexity index is 610. The van der Waals surface area contributed by atoms with Gasteiger partial charge in [0.05, 0.1) is 11.1 Å². The molecule has 0 saturated carbocycles. The predicted molar refractivity (Wildman–Crippen MR) is 84.8 cm³/mol. The van der Waals surface area contributed by atoms with Crippen LogP contribution >= 0.6 is 0 Å². The summed E-state index contributed by atoms with van der Waals surface area (Å²) in [5.74, 6) is -0.602. The summed E-state index contributed by atoms with van der Waals surface area (Å²) in [6, 6.07) is 4.76. The first-order valence-corrected chi connectivity index (χ1v) is 7.81. The fourth-order valence-corrected chi connectivity index (χ4v) is 2.48. The first kappa shape index (κ1) is 16.2. The van der Waals surface area contributed by atoms with Crippen molar-refractivity contribution in [3.63, 3.8) is 0 Å². The first-order valence-electron chi connectivity index (χ1n) is 7.81. The highest BCUT2D eigenvalue weighted by molar-refractivity contribution is 6.22. The highest BCUT2D eigenvalue weighted by Crippen LogP contribution is 2.28. The molecule has 1 N–H and O–H groups in total. The van der Waals surface area contributed by atoms with E-state index in [-0.39, 0.29) is 23.8 Å². The summed E-state index contributed by atoms with van der Waals surface area (Å²) in [5, 5.41) is 2.78. The molecule has 5 heteroatoms. The van der Waals surface area contributed by atoms with Gasteiger partial charge in [-0.05, 0) is 38.0 Å². The number of nitrogens with zero attached hydrogens (tertiary/aromatic N) is 1. The van der Waals surface area contributed by atoms with Crippen LogP contribution < -0.4 is 5.32 Å². The fraction of sp³-hybridized carbons (Fsp3) is 0.471. The van der Waals surface area contributed by atoms with Gasteiger partial charge >= 0.3 is 0 Å². The molecule has 1 heterocycles. The molecule has 0 bridgehead atoms. The Hall–Kier alpha value is -2.17. The van der Waals surface area contributed by atoms with Crippen LogP contribution in [-0.2, 0) is 4.79 Å². The Morgan fingerprint density at radius 3 is 2.50 bits per heavy atom. The molecule has 0 saturated heterocycles. The van der Waals surface area contributed by atoms with Crippen molar-refractivity contribution in [2.75, 3.05) is 5.32 Å². The summed E-state index contributed by atoms with van der Waals surface area (Å²) in [5.41, 5.74) is 1.35. The molecule has 3 amide bonds. The molecule has 0 spiro atoms. The lowest BCUT2D eigenvalue weighted by molar-refractivity contribution is -0.116. The van der Waals surface area contributed by atoms with Gasteiger partial charge in [0.1, 0.15) is 0 Å². The quantitative estimate of drug-likeness (QED) is 0.821. The monoisotopic (exact) mass is 302 g/mol. The van der Waals surface area contributed by atoms with Gasteiger partial charge in [0.25, 0.3) is 11.8 Å². The number of amides is 3. The lowest BCUT2D eigenvalue weighted by atomic mass is 10.1. The second-order valence-electron chi connectivity index (χ2n) is 5.65.